The zero-order valence-electron chi connectivity index (χ0n) is 16.2. The number of aromatic nitrogens is 2. The lowest BCUT2D eigenvalue weighted by molar-refractivity contribution is -0.141. The highest BCUT2D eigenvalue weighted by Crippen LogP contribution is 2.42. The number of likely N-dealkylation sites (tertiary alicyclic amines) is 2. The van der Waals surface area contributed by atoms with Gasteiger partial charge in [-0.2, -0.15) is 5.10 Å². The van der Waals surface area contributed by atoms with E-state index in [1.165, 1.54) is 24.1 Å². The number of piperidine rings is 2. The second-order valence-electron chi connectivity index (χ2n) is 8.07. The maximum atomic E-state index is 12.3. The summed E-state index contributed by atoms with van der Waals surface area (Å²) in [5, 5.41) is 4.51. The molecule has 2 N–H and O–H groups in total. The Bertz CT molecular complexity index is 634. The van der Waals surface area contributed by atoms with Crippen molar-refractivity contribution in [2.75, 3.05) is 26.2 Å². The fraction of sp³-hybridized carbons (Fsp3) is 0.789. The number of hydrogen-bond acceptors (Lipinski definition) is 4. The third-order valence-corrected chi connectivity index (χ3v) is 6.25. The van der Waals surface area contributed by atoms with Gasteiger partial charge in [-0.1, -0.05) is 0 Å². The first-order valence-electron chi connectivity index (χ1n) is 9.90. The summed E-state index contributed by atoms with van der Waals surface area (Å²) in [6.45, 7) is 4.70. The Hall–Kier alpha value is -0.820. The number of nitrogens with two attached hydrogens (primary N) is 1. The van der Waals surface area contributed by atoms with E-state index in [1.54, 1.807) is 0 Å². The monoisotopic (exact) mass is 417 g/mol. The molecule has 3 fully saturated rings. The van der Waals surface area contributed by atoms with Crippen LogP contribution in [0.5, 0.6) is 0 Å². The zero-order valence-corrected chi connectivity index (χ0v) is 17.8. The molecule has 2 aliphatic heterocycles. The number of fused-ring (bicyclic) bond motifs is 1. The van der Waals surface area contributed by atoms with Gasteiger partial charge in [0.05, 0.1) is 6.20 Å². The lowest BCUT2D eigenvalue weighted by Gasteiger charge is -2.47. The van der Waals surface area contributed by atoms with E-state index in [0.717, 1.165) is 51.4 Å². The molecule has 3 heterocycles. The average Bonchev–Trinajstić information content (AvgIpc) is 3.38. The molecule has 4 rings (SSSR count). The summed E-state index contributed by atoms with van der Waals surface area (Å²) >= 11 is 0. The van der Waals surface area contributed by atoms with Gasteiger partial charge in [-0.05, 0) is 44.6 Å². The van der Waals surface area contributed by atoms with Gasteiger partial charge in [0.1, 0.15) is 0 Å². The van der Waals surface area contributed by atoms with E-state index in [4.69, 9.17) is 5.73 Å². The van der Waals surface area contributed by atoms with Crippen LogP contribution in [0.1, 0.15) is 55.7 Å². The highest BCUT2D eigenvalue weighted by molar-refractivity contribution is 5.85. The normalized spacial score (nSPS) is 25.6. The van der Waals surface area contributed by atoms with Crippen molar-refractivity contribution >= 4 is 30.7 Å². The van der Waals surface area contributed by atoms with E-state index < -0.39 is 0 Å². The third kappa shape index (κ3) is 4.78. The maximum Gasteiger partial charge on any atom is 0.222 e. The van der Waals surface area contributed by atoms with Crippen LogP contribution >= 0.6 is 24.8 Å². The highest BCUT2D eigenvalue weighted by Gasteiger charge is 2.39. The number of nitrogens with zero attached hydrogens (tertiary/aromatic N) is 4. The molecule has 1 amide bonds. The Kier molecular flexibility index (Phi) is 7.98. The van der Waals surface area contributed by atoms with Crippen molar-refractivity contribution < 1.29 is 4.79 Å². The summed E-state index contributed by atoms with van der Waals surface area (Å²) in [7, 11) is 2.07. The van der Waals surface area contributed by atoms with Crippen LogP contribution in [0.3, 0.4) is 0 Å². The molecule has 154 valence electrons. The predicted octanol–water partition coefficient (Wildman–Crippen LogP) is 2.30. The van der Waals surface area contributed by atoms with E-state index >= 15 is 0 Å². The molecule has 6 nitrogen and oxygen atoms in total. The van der Waals surface area contributed by atoms with Crippen LogP contribution in [0.2, 0.25) is 0 Å². The van der Waals surface area contributed by atoms with Crippen molar-refractivity contribution in [3.63, 3.8) is 0 Å². The van der Waals surface area contributed by atoms with Gasteiger partial charge >= 0.3 is 0 Å². The number of amides is 1. The number of carbonyl (C=O) groups is 1. The minimum Gasteiger partial charge on any atom is -0.339 e. The van der Waals surface area contributed by atoms with E-state index in [1.807, 2.05) is 0 Å². The molecule has 1 aliphatic carbocycles. The van der Waals surface area contributed by atoms with Gasteiger partial charge < -0.3 is 10.6 Å². The summed E-state index contributed by atoms with van der Waals surface area (Å²) in [5.74, 6) is 1.69. The van der Waals surface area contributed by atoms with Gasteiger partial charge in [-0.15, -0.1) is 24.8 Å². The van der Waals surface area contributed by atoms with Gasteiger partial charge in [-0.25, -0.2) is 0 Å². The molecular weight excluding hydrogens is 385 g/mol. The van der Waals surface area contributed by atoms with Crippen LogP contribution in [0.15, 0.2) is 6.20 Å². The Morgan fingerprint density at radius 3 is 2.70 bits per heavy atom. The minimum atomic E-state index is 0. The van der Waals surface area contributed by atoms with Crippen LogP contribution in [-0.4, -0.2) is 57.7 Å². The predicted molar refractivity (Wildman–Crippen MR) is 111 cm³/mol. The summed E-state index contributed by atoms with van der Waals surface area (Å²) in [6.07, 6.45) is 8.46. The Morgan fingerprint density at radius 1 is 1.22 bits per heavy atom. The molecule has 1 saturated carbocycles. The average molecular weight is 418 g/mol. The Balaban J connectivity index is 0.00000131. The molecule has 1 aromatic heterocycles. The standard InChI is InChI=1S/C19H31N5O.2ClH/c1-22-19(14-3-4-14)16(11-21-22)13-23-10-7-17-15(12-23)5-6-18(25)24(17)9-2-8-20;;/h11,14-15,17H,2-10,12-13,20H2,1H3;2*1H/t15-,17+;;/m0../s1. The SMILES string of the molecule is Cl.Cl.Cn1ncc(CN2CC[C@@H]3[C@@H](CCC(=O)N3CCCN)C2)c1C1CC1. The van der Waals surface area contributed by atoms with Crippen molar-refractivity contribution in [1.29, 1.82) is 0 Å². The van der Waals surface area contributed by atoms with Crippen LogP contribution in [0, 0.1) is 5.92 Å². The Labute approximate surface area is 174 Å². The molecule has 1 aromatic rings. The van der Waals surface area contributed by atoms with Gasteiger partial charge in [0, 0.05) is 62.9 Å². The molecule has 2 saturated heterocycles. The number of rotatable bonds is 6. The van der Waals surface area contributed by atoms with Gasteiger partial charge in [-0.3, -0.25) is 14.4 Å². The van der Waals surface area contributed by atoms with Crippen LogP contribution < -0.4 is 5.73 Å². The molecule has 27 heavy (non-hydrogen) atoms. The van der Waals surface area contributed by atoms with Crippen molar-refractivity contribution in [2.24, 2.45) is 18.7 Å². The van der Waals surface area contributed by atoms with E-state index in [9.17, 15) is 4.79 Å². The van der Waals surface area contributed by atoms with E-state index in [2.05, 4.69) is 32.8 Å². The van der Waals surface area contributed by atoms with E-state index in [-0.39, 0.29) is 24.8 Å². The van der Waals surface area contributed by atoms with Crippen molar-refractivity contribution in [3.8, 4) is 0 Å². The summed E-state index contributed by atoms with van der Waals surface area (Å²) in [5.41, 5.74) is 8.52. The molecule has 3 aliphatic rings. The molecule has 0 bridgehead atoms. The van der Waals surface area contributed by atoms with Crippen LogP contribution in [-0.2, 0) is 18.4 Å². The van der Waals surface area contributed by atoms with Gasteiger partial charge in [0.25, 0.3) is 0 Å². The molecule has 0 spiro atoms. The minimum absolute atomic E-state index is 0. The molecule has 0 radical (unpaired) electrons. The van der Waals surface area contributed by atoms with Gasteiger partial charge in [0.2, 0.25) is 5.91 Å². The number of hydrogen-bond donors (Lipinski definition) is 1. The van der Waals surface area contributed by atoms with Crippen LogP contribution in [0.25, 0.3) is 0 Å². The lowest BCUT2D eigenvalue weighted by atomic mass is 9.83. The molecule has 0 aromatic carbocycles. The second kappa shape index (κ2) is 9.59. The topological polar surface area (TPSA) is 67.4 Å². The van der Waals surface area contributed by atoms with Crippen LogP contribution in [0.4, 0.5) is 0 Å². The fourth-order valence-electron chi connectivity index (χ4n) is 4.86. The third-order valence-electron chi connectivity index (χ3n) is 6.25. The lowest BCUT2D eigenvalue weighted by Crippen LogP contribution is -2.56. The second-order valence-corrected chi connectivity index (χ2v) is 8.07. The van der Waals surface area contributed by atoms with Crippen molar-refractivity contribution in [2.45, 2.75) is 57.0 Å². The van der Waals surface area contributed by atoms with Crippen molar-refractivity contribution in [1.82, 2.24) is 19.6 Å². The summed E-state index contributed by atoms with van der Waals surface area (Å²) < 4.78 is 2.08. The first-order chi connectivity index (χ1) is 12.2. The number of carbonyl (C=O) groups excluding carboxylic acids is 1. The summed E-state index contributed by atoms with van der Waals surface area (Å²) in [4.78, 5) is 17.0. The smallest absolute Gasteiger partial charge is 0.222 e. The van der Waals surface area contributed by atoms with Gasteiger partial charge in [0.15, 0.2) is 0 Å². The zero-order chi connectivity index (χ0) is 17.4. The fourth-order valence-corrected chi connectivity index (χ4v) is 4.86. The van der Waals surface area contributed by atoms with Crippen molar-refractivity contribution in [3.05, 3.63) is 17.5 Å². The summed E-state index contributed by atoms with van der Waals surface area (Å²) in [6, 6.07) is 0.431. The van der Waals surface area contributed by atoms with E-state index in [0.29, 0.717) is 30.8 Å². The number of halogens is 2. The maximum absolute atomic E-state index is 12.3. The quantitative estimate of drug-likeness (QED) is 0.770. The highest BCUT2D eigenvalue weighted by atomic mass is 35.5. The number of aryl methyl sites for hydroxylation is 1. The first kappa shape index (κ1) is 22.5. The molecule has 8 heteroatoms. The molecular formula is C19H33Cl2N5O. The Morgan fingerprint density at radius 2 is 2.00 bits per heavy atom. The first-order valence-corrected chi connectivity index (χ1v) is 9.90. The molecule has 2 atom stereocenters. The molecule has 0 unspecified atom stereocenters. The largest absolute Gasteiger partial charge is 0.339 e.